The Morgan fingerprint density at radius 1 is 1.53 bits per heavy atom. The number of hydrogen-bond acceptors (Lipinski definition) is 2. The molecule has 3 nitrogen and oxygen atoms in total. The van der Waals surface area contributed by atoms with Gasteiger partial charge in [-0.2, -0.15) is 0 Å². The van der Waals surface area contributed by atoms with Gasteiger partial charge in [0, 0.05) is 17.2 Å². The van der Waals surface area contributed by atoms with Crippen molar-refractivity contribution in [1.82, 2.24) is 0 Å². The fourth-order valence-electron chi connectivity index (χ4n) is 1.34. The van der Waals surface area contributed by atoms with Gasteiger partial charge in [-0.15, -0.1) is 0 Å². The van der Waals surface area contributed by atoms with Gasteiger partial charge in [0.05, 0.1) is 13.0 Å². The summed E-state index contributed by atoms with van der Waals surface area (Å²) in [5, 5.41) is 8.70. The van der Waals surface area contributed by atoms with Crippen LogP contribution < -0.4 is 4.90 Å². The standard InChI is InChI=1S/C11H14BrNO2/c1-8-3-4-9(12)7-10(8)13(2)11(15)5-6-14/h3-4,7,14H,5-6H2,1-2H3. The number of aryl methyl sites for hydroxylation is 1. The number of hydrogen-bond donors (Lipinski definition) is 1. The molecule has 0 aliphatic heterocycles. The highest BCUT2D eigenvalue weighted by atomic mass is 79.9. The Morgan fingerprint density at radius 2 is 2.20 bits per heavy atom. The second kappa shape index (κ2) is 5.28. The number of anilines is 1. The second-order valence-corrected chi connectivity index (χ2v) is 4.27. The largest absolute Gasteiger partial charge is 0.396 e. The van der Waals surface area contributed by atoms with Gasteiger partial charge >= 0.3 is 0 Å². The first-order chi connectivity index (χ1) is 7.06. The number of benzene rings is 1. The summed E-state index contributed by atoms with van der Waals surface area (Å²) < 4.78 is 0.937. The van der Waals surface area contributed by atoms with Crippen LogP contribution in [0.3, 0.4) is 0 Å². The van der Waals surface area contributed by atoms with E-state index in [0.29, 0.717) is 0 Å². The first-order valence-electron chi connectivity index (χ1n) is 4.70. The Bertz CT molecular complexity index is 366. The van der Waals surface area contributed by atoms with Crippen molar-refractivity contribution in [1.29, 1.82) is 0 Å². The number of nitrogens with zero attached hydrogens (tertiary/aromatic N) is 1. The Kier molecular flexibility index (Phi) is 4.29. The molecule has 0 bridgehead atoms. The lowest BCUT2D eigenvalue weighted by Gasteiger charge is -2.19. The van der Waals surface area contributed by atoms with E-state index in [0.717, 1.165) is 15.7 Å². The topological polar surface area (TPSA) is 40.5 Å². The molecule has 0 spiro atoms. The Balaban J connectivity index is 2.94. The van der Waals surface area contributed by atoms with Gasteiger partial charge in [-0.05, 0) is 24.6 Å². The number of amides is 1. The molecule has 0 aromatic heterocycles. The highest BCUT2D eigenvalue weighted by Crippen LogP contribution is 2.23. The molecule has 82 valence electrons. The average molecular weight is 272 g/mol. The zero-order chi connectivity index (χ0) is 11.4. The van der Waals surface area contributed by atoms with Crippen molar-refractivity contribution in [3.8, 4) is 0 Å². The van der Waals surface area contributed by atoms with Gasteiger partial charge in [0.15, 0.2) is 0 Å². The molecule has 1 amide bonds. The lowest BCUT2D eigenvalue weighted by atomic mass is 10.2. The summed E-state index contributed by atoms with van der Waals surface area (Å²) in [6, 6.07) is 5.77. The average Bonchev–Trinajstić information content (AvgIpc) is 2.21. The number of aliphatic hydroxyl groups excluding tert-OH is 1. The SMILES string of the molecule is Cc1ccc(Br)cc1N(C)C(=O)CCO. The van der Waals surface area contributed by atoms with E-state index in [9.17, 15) is 4.79 Å². The van der Waals surface area contributed by atoms with E-state index >= 15 is 0 Å². The van der Waals surface area contributed by atoms with Gasteiger partial charge in [-0.3, -0.25) is 4.79 Å². The third-order valence-electron chi connectivity index (χ3n) is 2.23. The highest BCUT2D eigenvalue weighted by Gasteiger charge is 2.12. The maximum Gasteiger partial charge on any atom is 0.229 e. The predicted molar refractivity (Wildman–Crippen MR) is 64.0 cm³/mol. The van der Waals surface area contributed by atoms with Crippen LogP contribution in [-0.4, -0.2) is 24.7 Å². The first-order valence-corrected chi connectivity index (χ1v) is 5.49. The molecular weight excluding hydrogens is 258 g/mol. The summed E-state index contributed by atoms with van der Waals surface area (Å²) in [6.45, 7) is 1.83. The Morgan fingerprint density at radius 3 is 2.80 bits per heavy atom. The number of aliphatic hydroxyl groups is 1. The molecule has 1 N–H and O–H groups in total. The van der Waals surface area contributed by atoms with Gasteiger partial charge in [0.25, 0.3) is 0 Å². The normalized spacial score (nSPS) is 10.1. The molecule has 0 aliphatic rings. The monoisotopic (exact) mass is 271 g/mol. The molecule has 1 aromatic carbocycles. The van der Waals surface area contributed by atoms with Crippen molar-refractivity contribution in [3.05, 3.63) is 28.2 Å². The van der Waals surface area contributed by atoms with E-state index in [1.165, 1.54) is 0 Å². The van der Waals surface area contributed by atoms with E-state index in [1.54, 1.807) is 11.9 Å². The third kappa shape index (κ3) is 3.04. The molecule has 1 rings (SSSR count). The summed E-state index contributed by atoms with van der Waals surface area (Å²) >= 11 is 3.37. The summed E-state index contributed by atoms with van der Waals surface area (Å²) in [6.07, 6.45) is 0.155. The van der Waals surface area contributed by atoms with Gasteiger partial charge in [0.2, 0.25) is 5.91 Å². The Hall–Kier alpha value is -0.870. The summed E-state index contributed by atoms with van der Waals surface area (Å²) in [4.78, 5) is 13.1. The molecule has 1 aromatic rings. The van der Waals surface area contributed by atoms with Crippen LogP contribution in [0.25, 0.3) is 0 Å². The smallest absolute Gasteiger partial charge is 0.229 e. The lowest BCUT2D eigenvalue weighted by molar-refractivity contribution is -0.118. The molecular formula is C11H14BrNO2. The summed E-state index contributed by atoms with van der Waals surface area (Å²) in [5.74, 6) is -0.0845. The number of carbonyl (C=O) groups is 1. The fourth-order valence-corrected chi connectivity index (χ4v) is 1.69. The van der Waals surface area contributed by atoms with E-state index in [-0.39, 0.29) is 18.9 Å². The van der Waals surface area contributed by atoms with Crippen molar-refractivity contribution in [2.45, 2.75) is 13.3 Å². The number of halogens is 1. The minimum Gasteiger partial charge on any atom is -0.396 e. The first kappa shape index (κ1) is 12.2. The molecule has 4 heteroatoms. The van der Waals surface area contributed by atoms with E-state index < -0.39 is 0 Å². The van der Waals surface area contributed by atoms with E-state index in [1.807, 2.05) is 25.1 Å². The number of rotatable bonds is 3. The maximum atomic E-state index is 11.6. The van der Waals surface area contributed by atoms with Crippen molar-refractivity contribution in [2.24, 2.45) is 0 Å². The highest BCUT2D eigenvalue weighted by molar-refractivity contribution is 9.10. The van der Waals surface area contributed by atoms with Crippen LogP contribution in [0.15, 0.2) is 22.7 Å². The predicted octanol–water partition coefficient (Wildman–Crippen LogP) is 2.10. The molecule has 0 heterocycles. The molecule has 0 atom stereocenters. The minimum absolute atomic E-state index is 0.0845. The van der Waals surface area contributed by atoms with Crippen molar-refractivity contribution >= 4 is 27.5 Å². The van der Waals surface area contributed by atoms with Crippen molar-refractivity contribution in [2.75, 3.05) is 18.6 Å². The fraction of sp³-hybridized carbons (Fsp3) is 0.364. The molecule has 0 radical (unpaired) electrons. The zero-order valence-corrected chi connectivity index (χ0v) is 10.4. The molecule has 0 fully saturated rings. The third-order valence-corrected chi connectivity index (χ3v) is 2.73. The van der Waals surface area contributed by atoms with Gasteiger partial charge in [-0.25, -0.2) is 0 Å². The minimum atomic E-state index is -0.115. The quantitative estimate of drug-likeness (QED) is 0.915. The van der Waals surface area contributed by atoms with Crippen molar-refractivity contribution in [3.63, 3.8) is 0 Å². The van der Waals surface area contributed by atoms with E-state index in [2.05, 4.69) is 15.9 Å². The van der Waals surface area contributed by atoms with Crippen LogP contribution in [0.4, 0.5) is 5.69 Å². The summed E-state index contributed by atoms with van der Waals surface area (Å²) in [7, 11) is 1.72. The van der Waals surface area contributed by atoms with Crippen LogP contribution in [0, 0.1) is 6.92 Å². The van der Waals surface area contributed by atoms with Crippen LogP contribution in [0.2, 0.25) is 0 Å². The van der Waals surface area contributed by atoms with Gasteiger partial charge in [0.1, 0.15) is 0 Å². The van der Waals surface area contributed by atoms with Crippen LogP contribution in [-0.2, 0) is 4.79 Å². The maximum absolute atomic E-state index is 11.6. The van der Waals surface area contributed by atoms with E-state index in [4.69, 9.17) is 5.11 Å². The number of carbonyl (C=O) groups excluding carboxylic acids is 1. The Labute approximate surface area is 97.8 Å². The van der Waals surface area contributed by atoms with Crippen LogP contribution in [0.1, 0.15) is 12.0 Å². The van der Waals surface area contributed by atoms with Crippen LogP contribution in [0.5, 0.6) is 0 Å². The molecule has 0 aliphatic carbocycles. The zero-order valence-electron chi connectivity index (χ0n) is 8.83. The van der Waals surface area contributed by atoms with Crippen LogP contribution >= 0.6 is 15.9 Å². The lowest BCUT2D eigenvalue weighted by Crippen LogP contribution is -2.27. The van der Waals surface area contributed by atoms with Gasteiger partial charge < -0.3 is 10.0 Å². The molecule has 0 unspecified atom stereocenters. The molecule has 0 saturated carbocycles. The molecule has 0 saturated heterocycles. The summed E-state index contributed by atoms with van der Waals surface area (Å²) in [5.41, 5.74) is 1.90. The van der Waals surface area contributed by atoms with Crippen molar-refractivity contribution < 1.29 is 9.90 Å². The van der Waals surface area contributed by atoms with Gasteiger partial charge in [-0.1, -0.05) is 22.0 Å². The second-order valence-electron chi connectivity index (χ2n) is 3.36. The molecule has 15 heavy (non-hydrogen) atoms.